The molecule has 3 rings (SSSR count). The minimum atomic E-state index is 0.936. The molecule has 1 aromatic carbocycles. The van der Waals surface area contributed by atoms with Crippen molar-refractivity contribution in [2.24, 2.45) is 0 Å². The van der Waals surface area contributed by atoms with Gasteiger partial charge < -0.3 is 0 Å². The van der Waals surface area contributed by atoms with Gasteiger partial charge in [-0.25, -0.2) is 0 Å². The highest BCUT2D eigenvalue weighted by Gasteiger charge is 2.14. The van der Waals surface area contributed by atoms with Crippen molar-refractivity contribution >= 4 is 0 Å². The van der Waals surface area contributed by atoms with Crippen molar-refractivity contribution in [3.05, 3.63) is 65.5 Å². The molecule has 116 valence electrons. The number of hydrogen-bond donors (Lipinski definition) is 0. The molecule has 1 aromatic heterocycles. The fourth-order valence-corrected chi connectivity index (χ4v) is 3.20. The molecule has 0 radical (unpaired) electrons. The third kappa shape index (κ3) is 4.15. The Labute approximate surface area is 133 Å². The van der Waals surface area contributed by atoms with Crippen LogP contribution in [0.2, 0.25) is 0 Å². The minimum absolute atomic E-state index is 0.936. The smallest absolute Gasteiger partial charge is 0.0312 e. The first kappa shape index (κ1) is 15.2. The molecule has 0 N–H and O–H groups in total. The van der Waals surface area contributed by atoms with Crippen molar-refractivity contribution in [2.45, 2.75) is 32.5 Å². The first-order valence-electron chi connectivity index (χ1n) is 8.18. The molecule has 3 heteroatoms. The third-order valence-electron chi connectivity index (χ3n) is 4.33. The molecule has 0 amide bonds. The molecule has 0 atom stereocenters. The van der Waals surface area contributed by atoms with Crippen molar-refractivity contribution < 1.29 is 0 Å². The summed E-state index contributed by atoms with van der Waals surface area (Å²) < 4.78 is 0. The van der Waals surface area contributed by atoms with E-state index in [-0.39, 0.29) is 0 Å². The monoisotopic (exact) mass is 295 g/mol. The highest BCUT2D eigenvalue weighted by Crippen LogP contribution is 2.17. The zero-order chi connectivity index (χ0) is 15.2. The van der Waals surface area contributed by atoms with E-state index in [4.69, 9.17) is 0 Å². The van der Waals surface area contributed by atoms with Crippen LogP contribution in [0.4, 0.5) is 0 Å². The van der Waals surface area contributed by atoms with Crippen LogP contribution < -0.4 is 0 Å². The van der Waals surface area contributed by atoms with Crippen LogP contribution in [0.25, 0.3) is 0 Å². The van der Waals surface area contributed by atoms with Gasteiger partial charge in [0, 0.05) is 32.0 Å². The highest BCUT2D eigenvalue weighted by molar-refractivity contribution is 5.27. The second-order valence-electron chi connectivity index (χ2n) is 6.29. The van der Waals surface area contributed by atoms with E-state index >= 15 is 0 Å². The Hall–Kier alpha value is -1.71. The maximum Gasteiger partial charge on any atom is 0.0312 e. The molecule has 0 saturated carbocycles. The number of rotatable bonds is 6. The maximum absolute atomic E-state index is 4.20. The van der Waals surface area contributed by atoms with Gasteiger partial charge in [0.25, 0.3) is 0 Å². The van der Waals surface area contributed by atoms with Crippen molar-refractivity contribution in [2.75, 3.05) is 20.1 Å². The molecule has 1 aliphatic rings. The van der Waals surface area contributed by atoms with Gasteiger partial charge in [0.1, 0.15) is 0 Å². The van der Waals surface area contributed by atoms with Crippen molar-refractivity contribution in [3.8, 4) is 0 Å². The normalized spacial score (nSPS) is 15.5. The van der Waals surface area contributed by atoms with Gasteiger partial charge in [0.2, 0.25) is 0 Å². The van der Waals surface area contributed by atoms with Crippen LogP contribution in [0.3, 0.4) is 0 Å². The van der Waals surface area contributed by atoms with Crippen LogP contribution in [0.5, 0.6) is 0 Å². The van der Waals surface area contributed by atoms with Crippen molar-refractivity contribution in [3.63, 3.8) is 0 Å². The summed E-state index contributed by atoms with van der Waals surface area (Å²) in [7, 11) is 2.18. The average Bonchev–Trinajstić information content (AvgIpc) is 3.03. The topological polar surface area (TPSA) is 19.4 Å². The number of aromatic nitrogens is 1. The molecule has 1 aliphatic heterocycles. The lowest BCUT2D eigenvalue weighted by molar-refractivity contribution is 0.307. The molecule has 1 fully saturated rings. The molecule has 2 aromatic rings. The van der Waals surface area contributed by atoms with E-state index in [0.717, 1.165) is 19.6 Å². The van der Waals surface area contributed by atoms with Gasteiger partial charge in [-0.2, -0.15) is 0 Å². The van der Waals surface area contributed by atoms with E-state index in [0.29, 0.717) is 0 Å². The van der Waals surface area contributed by atoms with E-state index < -0.39 is 0 Å². The van der Waals surface area contributed by atoms with Crippen LogP contribution in [-0.4, -0.2) is 34.9 Å². The number of hydrogen-bond acceptors (Lipinski definition) is 3. The molecule has 0 bridgehead atoms. The molecular weight excluding hydrogens is 270 g/mol. The quantitative estimate of drug-likeness (QED) is 0.815. The summed E-state index contributed by atoms with van der Waals surface area (Å²) in [6.45, 7) is 5.52. The lowest BCUT2D eigenvalue weighted by Gasteiger charge is -2.21. The number of nitrogens with zero attached hydrogens (tertiary/aromatic N) is 3. The van der Waals surface area contributed by atoms with Gasteiger partial charge in [-0.1, -0.05) is 30.3 Å². The summed E-state index contributed by atoms with van der Waals surface area (Å²) in [5, 5.41) is 0. The summed E-state index contributed by atoms with van der Waals surface area (Å²) >= 11 is 0. The van der Waals surface area contributed by atoms with Crippen molar-refractivity contribution in [1.82, 2.24) is 14.8 Å². The third-order valence-corrected chi connectivity index (χ3v) is 4.33. The lowest BCUT2D eigenvalue weighted by atomic mass is 10.1. The molecule has 1 saturated heterocycles. The van der Waals surface area contributed by atoms with Gasteiger partial charge >= 0.3 is 0 Å². The van der Waals surface area contributed by atoms with Gasteiger partial charge in [-0.05, 0) is 55.7 Å². The molecule has 3 nitrogen and oxygen atoms in total. The van der Waals surface area contributed by atoms with Gasteiger partial charge in [0.05, 0.1) is 0 Å². The standard InChI is InChI=1S/C19H25N3/c1-21(14-17-7-6-10-20-13-17)15-18-8-2-3-9-19(18)16-22-11-4-5-12-22/h2-3,6-10,13H,4-5,11-12,14-16H2,1H3. The molecule has 0 aliphatic carbocycles. The molecular formula is C19H25N3. The van der Waals surface area contributed by atoms with E-state index in [1.165, 1.54) is 42.6 Å². The first-order valence-corrected chi connectivity index (χ1v) is 8.18. The summed E-state index contributed by atoms with van der Waals surface area (Å²) in [5.74, 6) is 0. The summed E-state index contributed by atoms with van der Waals surface area (Å²) in [4.78, 5) is 9.13. The summed E-state index contributed by atoms with van der Waals surface area (Å²) in [6.07, 6.45) is 6.48. The molecule has 2 heterocycles. The Morgan fingerprint density at radius 3 is 2.50 bits per heavy atom. The van der Waals surface area contributed by atoms with Gasteiger partial charge in [-0.15, -0.1) is 0 Å². The van der Waals surface area contributed by atoms with Crippen LogP contribution in [-0.2, 0) is 19.6 Å². The van der Waals surface area contributed by atoms with Crippen LogP contribution >= 0.6 is 0 Å². The van der Waals surface area contributed by atoms with Crippen LogP contribution in [0, 0.1) is 0 Å². The average molecular weight is 295 g/mol. The Morgan fingerprint density at radius 1 is 1.00 bits per heavy atom. The molecule has 22 heavy (non-hydrogen) atoms. The largest absolute Gasteiger partial charge is 0.299 e. The fraction of sp³-hybridized carbons (Fsp3) is 0.421. The summed E-state index contributed by atoms with van der Waals surface area (Å²) in [6, 6.07) is 13.0. The Bertz CT molecular complexity index is 576. The van der Waals surface area contributed by atoms with Crippen molar-refractivity contribution in [1.29, 1.82) is 0 Å². The number of likely N-dealkylation sites (tertiary alicyclic amines) is 1. The van der Waals surface area contributed by atoms with E-state index in [9.17, 15) is 0 Å². The Kier molecular flexibility index (Phi) is 5.20. The second kappa shape index (κ2) is 7.52. The van der Waals surface area contributed by atoms with E-state index in [1.54, 1.807) is 0 Å². The maximum atomic E-state index is 4.20. The minimum Gasteiger partial charge on any atom is -0.299 e. The number of benzene rings is 1. The zero-order valence-corrected chi connectivity index (χ0v) is 13.4. The number of pyridine rings is 1. The summed E-state index contributed by atoms with van der Waals surface area (Å²) in [5.41, 5.74) is 4.19. The predicted molar refractivity (Wildman–Crippen MR) is 90.4 cm³/mol. The Balaban J connectivity index is 1.63. The first-order chi connectivity index (χ1) is 10.8. The SMILES string of the molecule is CN(Cc1cccnc1)Cc1ccccc1CN1CCCC1. The second-order valence-corrected chi connectivity index (χ2v) is 6.29. The highest BCUT2D eigenvalue weighted by atomic mass is 15.1. The van der Waals surface area contributed by atoms with Gasteiger partial charge in [0.15, 0.2) is 0 Å². The lowest BCUT2D eigenvalue weighted by Crippen LogP contribution is -2.22. The zero-order valence-electron chi connectivity index (χ0n) is 13.4. The van der Waals surface area contributed by atoms with Gasteiger partial charge in [-0.3, -0.25) is 14.8 Å². The Morgan fingerprint density at radius 2 is 1.77 bits per heavy atom. The fourth-order valence-electron chi connectivity index (χ4n) is 3.20. The van der Waals surface area contributed by atoms with Crippen LogP contribution in [0.1, 0.15) is 29.5 Å². The van der Waals surface area contributed by atoms with Crippen LogP contribution in [0.15, 0.2) is 48.8 Å². The molecule has 0 unspecified atom stereocenters. The predicted octanol–water partition coefficient (Wildman–Crippen LogP) is 3.31. The van der Waals surface area contributed by atoms with E-state index in [2.05, 4.69) is 52.2 Å². The molecule has 0 spiro atoms. The van der Waals surface area contributed by atoms with E-state index in [1.807, 2.05) is 18.5 Å².